The monoisotopic (exact) mass is 255 g/mol. The van der Waals surface area contributed by atoms with Crippen molar-refractivity contribution < 1.29 is 0 Å². The minimum absolute atomic E-state index is 0.794. The highest BCUT2D eigenvalue weighted by atomic mass is 32.1. The highest BCUT2D eigenvalue weighted by Crippen LogP contribution is 2.30. The summed E-state index contributed by atoms with van der Waals surface area (Å²) in [6.45, 7) is 4.01. The molecular formula is C14H13N3S. The zero-order valence-corrected chi connectivity index (χ0v) is 11.1. The molecule has 0 atom stereocenters. The molecule has 0 spiro atoms. The molecule has 18 heavy (non-hydrogen) atoms. The fourth-order valence-corrected chi connectivity index (χ4v) is 2.91. The first-order valence-electron chi connectivity index (χ1n) is 5.78. The van der Waals surface area contributed by atoms with Gasteiger partial charge in [-0.2, -0.15) is 0 Å². The summed E-state index contributed by atoms with van der Waals surface area (Å²) in [5.41, 5.74) is 2.26. The van der Waals surface area contributed by atoms with E-state index >= 15 is 0 Å². The largest absolute Gasteiger partial charge is 0.340 e. The summed E-state index contributed by atoms with van der Waals surface area (Å²) in [6, 6.07) is 10.1. The fraction of sp³-hybridized carbons (Fsp3) is 0.143. The van der Waals surface area contributed by atoms with E-state index in [1.165, 1.54) is 5.56 Å². The van der Waals surface area contributed by atoms with E-state index in [9.17, 15) is 0 Å². The van der Waals surface area contributed by atoms with Gasteiger partial charge >= 0.3 is 0 Å². The minimum atomic E-state index is 0.794. The molecule has 4 heteroatoms. The molecule has 2 heterocycles. The van der Waals surface area contributed by atoms with Gasteiger partial charge in [0.25, 0.3) is 0 Å². The molecule has 0 fully saturated rings. The van der Waals surface area contributed by atoms with Crippen molar-refractivity contribution in [3.63, 3.8) is 0 Å². The summed E-state index contributed by atoms with van der Waals surface area (Å²) in [5.74, 6) is 1.69. The van der Waals surface area contributed by atoms with Crippen molar-refractivity contribution in [2.45, 2.75) is 13.8 Å². The third-order valence-electron chi connectivity index (χ3n) is 2.77. The van der Waals surface area contributed by atoms with E-state index in [4.69, 9.17) is 0 Å². The highest BCUT2D eigenvalue weighted by Gasteiger charge is 2.10. The number of rotatable bonds is 2. The molecule has 0 radical (unpaired) electrons. The number of thiophene rings is 1. The summed E-state index contributed by atoms with van der Waals surface area (Å²) in [5, 5.41) is 6.61. The second-order valence-corrected chi connectivity index (χ2v) is 5.07. The second-order valence-electron chi connectivity index (χ2n) is 4.21. The summed E-state index contributed by atoms with van der Waals surface area (Å²) < 4.78 is 0. The van der Waals surface area contributed by atoms with Crippen LogP contribution in [0.15, 0.2) is 35.7 Å². The van der Waals surface area contributed by atoms with Gasteiger partial charge in [0.15, 0.2) is 0 Å². The molecule has 0 unspecified atom stereocenters. The summed E-state index contributed by atoms with van der Waals surface area (Å²) >= 11 is 1.66. The molecule has 1 N–H and O–H groups in total. The lowest BCUT2D eigenvalue weighted by Crippen LogP contribution is -1.98. The number of para-hydroxylation sites is 1. The molecule has 0 bridgehead atoms. The summed E-state index contributed by atoms with van der Waals surface area (Å²) in [6.07, 6.45) is 0. The standard InChI is InChI=1S/C14H13N3S/c1-9-8-18-14-12(9)13(15-10(2)16-14)17-11-6-4-3-5-7-11/h3-8H,1-2H3,(H,15,16,17). The van der Waals surface area contributed by atoms with Crippen molar-refractivity contribution in [3.8, 4) is 0 Å². The van der Waals surface area contributed by atoms with Crippen molar-refractivity contribution in [2.24, 2.45) is 0 Å². The zero-order valence-electron chi connectivity index (χ0n) is 10.3. The van der Waals surface area contributed by atoms with Crippen LogP contribution >= 0.6 is 11.3 Å². The Morgan fingerprint density at radius 1 is 1.06 bits per heavy atom. The topological polar surface area (TPSA) is 37.8 Å². The molecule has 0 saturated carbocycles. The summed E-state index contributed by atoms with van der Waals surface area (Å²) in [7, 11) is 0. The number of anilines is 2. The van der Waals surface area contributed by atoms with Gasteiger partial charge < -0.3 is 5.32 Å². The number of nitrogens with zero attached hydrogens (tertiary/aromatic N) is 2. The predicted molar refractivity (Wildman–Crippen MR) is 76.6 cm³/mol. The number of hydrogen-bond acceptors (Lipinski definition) is 4. The van der Waals surface area contributed by atoms with Gasteiger partial charge in [0, 0.05) is 5.69 Å². The van der Waals surface area contributed by atoms with E-state index in [2.05, 4.69) is 27.6 Å². The third kappa shape index (κ3) is 1.95. The molecule has 3 nitrogen and oxygen atoms in total. The van der Waals surface area contributed by atoms with Crippen LogP contribution in [0.4, 0.5) is 11.5 Å². The molecule has 90 valence electrons. The van der Waals surface area contributed by atoms with Gasteiger partial charge in [0.2, 0.25) is 0 Å². The molecule has 0 saturated heterocycles. The van der Waals surface area contributed by atoms with Crippen LogP contribution in [0.1, 0.15) is 11.4 Å². The lowest BCUT2D eigenvalue weighted by Gasteiger charge is -2.08. The average Bonchev–Trinajstić information content (AvgIpc) is 2.72. The van der Waals surface area contributed by atoms with E-state index in [0.717, 1.165) is 27.5 Å². The molecule has 1 aromatic carbocycles. The number of hydrogen-bond donors (Lipinski definition) is 1. The molecule has 0 aliphatic heterocycles. The minimum Gasteiger partial charge on any atom is -0.340 e. The van der Waals surface area contributed by atoms with Crippen molar-refractivity contribution in [1.82, 2.24) is 9.97 Å². The van der Waals surface area contributed by atoms with Crippen LogP contribution in [0, 0.1) is 13.8 Å². The Morgan fingerprint density at radius 2 is 1.83 bits per heavy atom. The van der Waals surface area contributed by atoms with Gasteiger partial charge in [0.1, 0.15) is 16.5 Å². The number of nitrogens with one attached hydrogen (secondary N) is 1. The van der Waals surface area contributed by atoms with Gasteiger partial charge in [-0.05, 0) is 36.9 Å². The molecule has 0 amide bonds. The van der Waals surface area contributed by atoms with Gasteiger partial charge in [-0.25, -0.2) is 9.97 Å². The molecule has 2 aromatic heterocycles. The first kappa shape index (κ1) is 11.2. The van der Waals surface area contributed by atoms with E-state index in [1.807, 2.05) is 37.3 Å². The Labute approximate surface area is 110 Å². The molecule has 0 aliphatic rings. The fourth-order valence-electron chi connectivity index (χ4n) is 1.94. The van der Waals surface area contributed by atoms with Crippen molar-refractivity contribution >= 4 is 33.1 Å². The zero-order chi connectivity index (χ0) is 12.5. The summed E-state index contributed by atoms with van der Waals surface area (Å²) in [4.78, 5) is 10.0. The van der Waals surface area contributed by atoms with Crippen LogP contribution in [0.5, 0.6) is 0 Å². The van der Waals surface area contributed by atoms with Crippen LogP contribution in [-0.2, 0) is 0 Å². The predicted octanol–water partition coefficient (Wildman–Crippen LogP) is 4.05. The van der Waals surface area contributed by atoms with Crippen LogP contribution in [0.3, 0.4) is 0 Å². The number of fused-ring (bicyclic) bond motifs is 1. The van der Waals surface area contributed by atoms with Crippen LogP contribution in [-0.4, -0.2) is 9.97 Å². The maximum absolute atomic E-state index is 4.51. The molecule has 0 aliphatic carbocycles. The van der Waals surface area contributed by atoms with Crippen molar-refractivity contribution in [3.05, 3.63) is 47.1 Å². The Morgan fingerprint density at radius 3 is 2.61 bits per heavy atom. The molecular weight excluding hydrogens is 242 g/mol. The first-order valence-corrected chi connectivity index (χ1v) is 6.66. The third-order valence-corrected chi connectivity index (χ3v) is 3.76. The van der Waals surface area contributed by atoms with Gasteiger partial charge in [-0.3, -0.25) is 0 Å². The molecule has 3 aromatic rings. The second kappa shape index (κ2) is 4.38. The number of aromatic nitrogens is 2. The Hall–Kier alpha value is -1.94. The number of aryl methyl sites for hydroxylation is 2. The van der Waals surface area contributed by atoms with E-state index < -0.39 is 0 Å². The normalized spacial score (nSPS) is 10.8. The van der Waals surface area contributed by atoms with E-state index in [-0.39, 0.29) is 0 Å². The maximum atomic E-state index is 4.51. The van der Waals surface area contributed by atoms with Gasteiger partial charge in [0.05, 0.1) is 5.39 Å². The van der Waals surface area contributed by atoms with E-state index in [1.54, 1.807) is 11.3 Å². The van der Waals surface area contributed by atoms with Crippen molar-refractivity contribution in [2.75, 3.05) is 5.32 Å². The Balaban J connectivity index is 2.13. The average molecular weight is 255 g/mol. The lowest BCUT2D eigenvalue weighted by molar-refractivity contribution is 1.10. The Kier molecular flexibility index (Phi) is 2.72. The van der Waals surface area contributed by atoms with Crippen molar-refractivity contribution in [1.29, 1.82) is 0 Å². The smallest absolute Gasteiger partial charge is 0.143 e. The molecule has 3 rings (SSSR count). The number of benzene rings is 1. The van der Waals surface area contributed by atoms with Crippen LogP contribution in [0.2, 0.25) is 0 Å². The Bertz CT molecular complexity index is 689. The SMILES string of the molecule is Cc1nc(Nc2ccccc2)c2c(C)csc2n1. The van der Waals surface area contributed by atoms with Crippen LogP contribution in [0.25, 0.3) is 10.2 Å². The quantitative estimate of drug-likeness (QED) is 0.750. The first-order chi connectivity index (χ1) is 8.74. The maximum Gasteiger partial charge on any atom is 0.143 e. The highest BCUT2D eigenvalue weighted by molar-refractivity contribution is 7.17. The van der Waals surface area contributed by atoms with Gasteiger partial charge in [-0.1, -0.05) is 18.2 Å². The van der Waals surface area contributed by atoms with E-state index in [0.29, 0.717) is 0 Å². The van der Waals surface area contributed by atoms with Gasteiger partial charge in [-0.15, -0.1) is 11.3 Å². The lowest BCUT2D eigenvalue weighted by atomic mass is 10.2. The van der Waals surface area contributed by atoms with Crippen LogP contribution < -0.4 is 5.32 Å².